The van der Waals surface area contributed by atoms with Gasteiger partial charge in [0.25, 0.3) is 0 Å². The van der Waals surface area contributed by atoms with E-state index < -0.39 is 11.0 Å². The number of hydrogen-bond acceptors (Lipinski definition) is 1. The number of nitrogens with one attached hydrogen (secondary N) is 1. The van der Waals surface area contributed by atoms with Crippen molar-refractivity contribution in [1.29, 1.82) is 0 Å². The molecule has 0 amide bonds. The first-order valence-corrected chi connectivity index (χ1v) is 4.99. The minimum Gasteiger partial charge on any atom is -0.242 e. The Balaban J connectivity index is 2.63. The average Bonchev–Trinajstić information content (AvgIpc) is 1.96. The van der Waals surface area contributed by atoms with Gasteiger partial charge in [-0.15, -0.1) is 0 Å². The maximum absolute atomic E-state index is 11.3. The van der Waals surface area contributed by atoms with Crippen LogP contribution in [0, 0.1) is 0 Å². The molecular weight excluding hydrogens is 146 g/mol. The summed E-state index contributed by atoms with van der Waals surface area (Å²) in [6, 6.07) is 0. The predicted molar refractivity (Wildman–Crippen MR) is 44.1 cm³/mol. The molecule has 0 aromatic heterocycles. The van der Waals surface area contributed by atoms with Gasteiger partial charge in [-0.25, -0.2) is 8.93 Å². The van der Waals surface area contributed by atoms with Crippen molar-refractivity contribution in [3.63, 3.8) is 0 Å². The topological polar surface area (TPSA) is 29.1 Å². The SMILES string of the molecule is CCC1(C)CCCNS1=O. The van der Waals surface area contributed by atoms with Gasteiger partial charge >= 0.3 is 0 Å². The molecule has 0 spiro atoms. The molecule has 60 valence electrons. The number of hydrogen-bond donors (Lipinski definition) is 1. The molecule has 10 heavy (non-hydrogen) atoms. The van der Waals surface area contributed by atoms with Crippen molar-refractivity contribution in [3.8, 4) is 0 Å². The van der Waals surface area contributed by atoms with Crippen LogP contribution in [0.15, 0.2) is 0 Å². The van der Waals surface area contributed by atoms with E-state index in [1.54, 1.807) is 0 Å². The highest BCUT2D eigenvalue weighted by atomic mass is 32.2. The fourth-order valence-electron chi connectivity index (χ4n) is 1.20. The summed E-state index contributed by atoms with van der Waals surface area (Å²) in [4.78, 5) is 0. The van der Waals surface area contributed by atoms with Gasteiger partial charge in [-0.05, 0) is 26.2 Å². The lowest BCUT2D eigenvalue weighted by Crippen LogP contribution is -2.43. The van der Waals surface area contributed by atoms with Gasteiger partial charge in [0, 0.05) is 6.54 Å². The van der Waals surface area contributed by atoms with Gasteiger partial charge in [0.2, 0.25) is 0 Å². The van der Waals surface area contributed by atoms with Crippen LogP contribution in [0.3, 0.4) is 0 Å². The summed E-state index contributed by atoms with van der Waals surface area (Å²) >= 11 is 0. The van der Waals surface area contributed by atoms with E-state index in [1.165, 1.54) is 0 Å². The van der Waals surface area contributed by atoms with E-state index in [0.29, 0.717) is 0 Å². The number of rotatable bonds is 1. The molecule has 0 radical (unpaired) electrons. The minimum atomic E-state index is -0.794. The van der Waals surface area contributed by atoms with Gasteiger partial charge in [0.15, 0.2) is 0 Å². The fraction of sp³-hybridized carbons (Fsp3) is 1.00. The van der Waals surface area contributed by atoms with Crippen molar-refractivity contribution < 1.29 is 4.21 Å². The Morgan fingerprint density at radius 2 is 2.40 bits per heavy atom. The summed E-state index contributed by atoms with van der Waals surface area (Å²) in [5, 5.41) is 0. The zero-order valence-electron chi connectivity index (χ0n) is 6.64. The first kappa shape index (κ1) is 8.21. The van der Waals surface area contributed by atoms with Crippen molar-refractivity contribution >= 4 is 11.0 Å². The third kappa shape index (κ3) is 1.40. The fourth-order valence-corrected chi connectivity index (χ4v) is 2.47. The van der Waals surface area contributed by atoms with E-state index in [9.17, 15) is 4.21 Å². The van der Waals surface area contributed by atoms with Crippen molar-refractivity contribution in [2.75, 3.05) is 6.54 Å². The van der Waals surface area contributed by atoms with Crippen LogP contribution < -0.4 is 4.72 Å². The Hall–Kier alpha value is 0.110. The van der Waals surface area contributed by atoms with Gasteiger partial charge in [-0.3, -0.25) is 0 Å². The Morgan fingerprint density at radius 3 is 2.80 bits per heavy atom. The molecule has 3 heteroatoms. The Labute approximate surface area is 65.0 Å². The molecule has 0 aromatic carbocycles. The molecule has 2 nitrogen and oxygen atoms in total. The molecule has 2 atom stereocenters. The van der Waals surface area contributed by atoms with Crippen LogP contribution in [0.4, 0.5) is 0 Å². The molecule has 1 aliphatic heterocycles. The summed E-state index contributed by atoms with van der Waals surface area (Å²) in [6.45, 7) is 5.11. The van der Waals surface area contributed by atoms with Crippen LogP contribution in [0.1, 0.15) is 33.1 Å². The van der Waals surface area contributed by atoms with Crippen molar-refractivity contribution in [3.05, 3.63) is 0 Å². The second-order valence-electron chi connectivity index (χ2n) is 3.07. The standard InChI is InChI=1S/C7H15NOS/c1-3-7(2)5-4-6-8-10(7)9/h8H,3-6H2,1-2H3. The lowest BCUT2D eigenvalue weighted by molar-refractivity contribution is 0.486. The van der Waals surface area contributed by atoms with Crippen molar-refractivity contribution in [1.82, 2.24) is 4.72 Å². The predicted octanol–water partition coefficient (Wildman–Crippen LogP) is 1.20. The lowest BCUT2D eigenvalue weighted by atomic mass is 10.0. The van der Waals surface area contributed by atoms with E-state index in [0.717, 1.165) is 25.8 Å². The Morgan fingerprint density at radius 1 is 1.70 bits per heavy atom. The molecule has 1 N–H and O–H groups in total. The molecule has 1 fully saturated rings. The zero-order chi connectivity index (χ0) is 7.61. The largest absolute Gasteiger partial charge is 0.242 e. The van der Waals surface area contributed by atoms with E-state index >= 15 is 0 Å². The van der Waals surface area contributed by atoms with E-state index in [-0.39, 0.29) is 4.75 Å². The van der Waals surface area contributed by atoms with Gasteiger partial charge < -0.3 is 0 Å². The first-order chi connectivity index (χ1) is 4.69. The molecule has 0 aromatic rings. The van der Waals surface area contributed by atoms with E-state index in [4.69, 9.17) is 0 Å². The van der Waals surface area contributed by atoms with Gasteiger partial charge in [-0.1, -0.05) is 6.92 Å². The van der Waals surface area contributed by atoms with Gasteiger partial charge in [0.05, 0.1) is 15.7 Å². The maximum Gasteiger partial charge on any atom is 0.0975 e. The molecule has 1 saturated heterocycles. The molecule has 0 saturated carbocycles. The summed E-state index contributed by atoms with van der Waals surface area (Å²) in [6.07, 6.45) is 3.27. The molecule has 2 unspecified atom stereocenters. The molecule has 1 heterocycles. The second kappa shape index (κ2) is 3.01. The second-order valence-corrected chi connectivity index (χ2v) is 4.88. The Kier molecular flexibility index (Phi) is 2.47. The van der Waals surface area contributed by atoms with Crippen LogP contribution in [0.2, 0.25) is 0 Å². The molecule has 0 aliphatic carbocycles. The minimum absolute atomic E-state index is 0.0399. The van der Waals surface area contributed by atoms with Crippen molar-refractivity contribution in [2.24, 2.45) is 0 Å². The summed E-state index contributed by atoms with van der Waals surface area (Å²) < 4.78 is 14.4. The van der Waals surface area contributed by atoms with Gasteiger partial charge in [0.1, 0.15) is 0 Å². The van der Waals surface area contributed by atoms with Crippen LogP contribution in [0.25, 0.3) is 0 Å². The van der Waals surface area contributed by atoms with Crippen LogP contribution in [0.5, 0.6) is 0 Å². The normalized spacial score (nSPS) is 41.6. The smallest absolute Gasteiger partial charge is 0.0975 e. The molecule has 1 aliphatic rings. The third-order valence-corrected chi connectivity index (χ3v) is 4.17. The van der Waals surface area contributed by atoms with Crippen LogP contribution in [-0.4, -0.2) is 15.5 Å². The Bertz CT molecular complexity index is 149. The first-order valence-electron chi connectivity index (χ1n) is 3.84. The zero-order valence-corrected chi connectivity index (χ0v) is 7.46. The highest BCUT2D eigenvalue weighted by Crippen LogP contribution is 2.25. The lowest BCUT2D eigenvalue weighted by Gasteiger charge is -2.31. The average molecular weight is 161 g/mol. The summed E-state index contributed by atoms with van der Waals surface area (Å²) in [5.41, 5.74) is 0. The third-order valence-electron chi connectivity index (χ3n) is 2.31. The van der Waals surface area contributed by atoms with Crippen LogP contribution >= 0.6 is 0 Å². The van der Waals surface area contributed by atoms with Crippen molar-refractivity contribution in [2.45, 2.75) is 37.9 Å². The van der Waals surface area contributed by atoms with Crippen LogP contribution in [-0.2, 0) is 11.0 Å². The molecular formula is C7H15NOS. The molecule has 1 rings (SSSR count). The quantitative estimate of drug-likeness (QED) is 0.615. The van der Waals surface area contributed by atoms with E-state index in [2.05, 4.69) is 18.6 Å². The van der Waals surface area contributed by atoms with Gasteiger partial charge in [-0.2, -0.15) is 0 Å². The highest BCUT2D eigenvalue weighted by Gasteiger charge is 2.31. The summed E-state index contributed by atoms with van der Waals surface area (Å²) in [7, 11) is -0.794. The summed E-state index contributed by atoms with van der Waals surface area (Å²) in [5.74, 6) is 0. The van der Waals surface area contributed by atoms with E-state index in [1.807, 2.05) is 0 Å². The molecule has 0 bridgehead atoms. The monoisotopic (exact) mass is 161 g/mol. The maximum atomic E-state index is 11.3. The highest BCUT2D eigenvalue weighted by molar-refractivity contribution is 7.84.